The average molecular weight is 418 g/mol. The largest absolute Gasteiger partial charge is 0.490 e. The van der Waals surface area contributed by atoms with Gasteiger partial charge >= 0.3 is 18.2 Å². The molecular formula is C18H25F3N4O4. The number of ether oxygens (including phenoxy) is 1. The fourth-order valence-corrected chi connectivity index (χ4v) is 3.12. The molecule has 0 aromatic carbocycles. The number of fused-ring (bicyclic) bond motifs is 1. The number of rotatable bonds is 2. The van der Waals surface area contributed by atoms with Gasteiger partial charge in [-0.3, -0.25) is 4.98 Å². The van der Waals surface area contributed by atoms with Crippen LogP contribution in [0.2, 0.25) is 0 Å². The van der Waals surface area contributed by atoms with Gasteiger partial charge in [-0.25, -0.2) is 9.59 Å². The van der Waals surface area contributed by atoms with Crippen LogP contribution in [0.5, 0.6) is 0 Å². The van der Waals surface area contributed by atoms with Crippen LogP contribution >= 0.6 is 0 Å². The van der Waals surface area contributed by atoms with Crippen molar-refractivity contribution in [3.8, 4) is 0 Å². The number of aryl methyl sites for hydroxylation is 1. The number of carboxylic acid groups (broad SMARTS) is 1. The van der Waals surface area contributed by atoms with Gasteiger partial charge in [0.2, 0.25) is 0 Å². The lowest BCUT2D eigenvalue weighted by molar-refractivity contribution is -0.192. The van der Waals surface area contributed by atoms with Crippen molar-refractivity contribution in [2.45, 2.75) is 56.8 Å². The molecule has 0 saturated carbocycles. The summed E-state index contributed by atoms with van der Waals surface area (Å²) in [6.07, 6.45) is 2.20. The smallest absolute Gasteiger partial charge is 0.475 e. The molecule has 2 atom stereocenters. The summed E-state index contributed by atoms with van der Waals surface area (Å²) in [6.45, 7) is 1.50. The van der Waals surface area contributed by atoms with Gasteiger partial charge in [-0.2, -0.15) is 13.2 Å². The maximum Gasteiger partial charge on any atom is 0.490 e. The van der Waals surface area contributed by atoms with Crippen molar-refractivity contribution < 1.29 is 32.6 Å². The van der Waals surface area contributed by atoms with Gasteiger partial charge in [-0.05, 0) is 50.2 Å². The van der Waals surface area contributed by atoms with Crippen molar-refractivity contribution >= 4 is 17.7 Å². The first-order chi connectivity index (χ1) is 13.6. The van der Waals surface area contributed by atoms with E-state index >= 15 is 0 Å². The molecule has 2 unspecified atom stereocenters. The van der Waals surface area contributed by atoms with Gasteiger partial charge in [0, 0.05) is 31.0 Å². The van der Waals surface area contributed by atoms with Crippen LogP contribution < -0.4 is 16.4 Å². The van der Waals surface area contributed by atoms with Crippen molar-refractivity contribution in [1.82, 2.24) is 10.3 Å². The Labute approximate surface area is 166 Å². The summed E-state index contributed by atoms with van der Waals surface area (Å²) in [5.74, 6) is -2.76. The highest BCUT2D eigenvalue weighted by molar-refractivity contribution is 5.89. The second-order valence-electron chi connectivity index (χ2n) is 6.97. The summed E-state index contributed by atoms with van der Waals surface area (Å²) in [7, 11) is 0. The maximum atomic E-state index is 12.1. The number of carboxylic acids is 1. The summed E-state index contributed by atoms with van der Waals surface area (Å²) >= 11 is 0. The van der Waals surface area contributed by atoms with E-state index < -0.39 is 12.1 Å². The zero-order valence-corrected chi connectivity index (χ0v) is 15.8. The zero-order valence-electron chi connectivity index (χ0n) is 15.8. The minimum absolute atomic E-state index is 0.172. The van der Waals surface area contributed by atoms with Crippen LogP contribution in [-0.4, -0.2) is 53.6 Å². The number of aromatic nitrogens is 1. The summed E-state index contributed by atoms with van der Waals surface area (Å²) in [5.41, 5.74) is 8.99. The predicted molar refractivity (Wildman–Crippen MR) is 98.5 cm³/mol. The van der Waals surface area contributed by atoms with E-state index in [0.29, 0.717) is 6.61 Å². The van der Waals surface area contributed by atoms with Crippen molar-refractivity contribution in [1.29, 1.82) is 0 Å². The molecule has 8 nitrogen and oxygen atoms in total. The normalized spacial score (nSPS) is 21.7. The Kier molecular flexibility index (Phi) is 8.21. The lowest BCUT2D eigenvalue weighted by Crippen LogP contribution is -2.38. The number of pyridine rings is 1. The van der Waals surface area contributed by atoms with Crippen molar-refractivity contribution in [2.24, 2.45) is 5.73 Å². The van der Waals surface area contributed by atoms with Crippen LogP contribution in [0.4, 0.5) is 23.7 Å². The number of hydrogen-bond acceptors (Lipinski definition) is 5. The molecule has 1 aliphatic carbocycles. The molecule has 1 aromatic rings. The van der Waals surface area contributed by atoms with Gasteiger partial charge < -0.3 is 26.2 Å². The maximum absolute atomic E-state index is 12.1. The quantitative estimate of drug-likeness (QED) is 0.583. The number of carbonyl (C=O) groups is 2. The van der Waals surface area contributed by atoms with Gasteiger partial charge in [-0.1, -0.05) is 0 Å². The van der Waals surface area contributed by atoms with E-state index in [1.807, 2.05) is 6.07 Å². The molecule has 29 heavy (non-hydrogen) atoms. The van der Waals surface area contributed by atoms with Crippen molar-refractivity contribution in [3.05, 3.63) is 23.5 Å². The molecule has 3 rings (SSSR count). The highest BCUT2D eigenvalue weighted by Crippen LogP contribution is 2.21. The van der Waals surface area contributed by atoms with Crippen LogP contribution in [0.3, 0.4) is 0 Å². The first kappa shape index (κ1) is 22.9. The van der Waals surface area contributed by atoms with Gasteiger partial charge in [0.05, 0.1) is 11.9 Å². The summed E-state index contributed by atoms with van der Waals surface area (Å²) in [5, 5.41) is 13.0. The van der Waals surface area contributed by atoms with Crippen LogP contribution in [0.15, 0.2) is 12.3 Å². The second-order valence-corrected chi connectivity index (χ2v) is 6.97. The van der Waals surface area contributed by atoms with E-state index in [-0.39, 0.29) is 18.1 Å². The lowest BCUT2D eigenvalue weighted by atomic mass is 9.92. The summed E-state index contributed by atoms with van der Waals surface area (Å²) in [6, 6.07) is 2.21. The highest BCUT2D eigenvalue weighted by Gasteiger charge is 2.38. The number of urea groups is 1. The number of nitrogens with two attached hydrogens (primary N) is 1. The second kappa shape index (κ2) is 10.4. The Morgan fingerprint density at radius 2 is 1.97 bits per heavy atom. The minimum Gasteiger partial charge on any atom is -0.475 e. The fraction of sp³-hybridized carbons (Fsp3) is 0.611. The topological polar surface area (TPSA) is 127 Å². The van der Waals surface area contributed by atoms with E-state index in [2.05, 4.69) is 15.6 Å². The Balaban J connectivity index is 0.000000370. The SMILES string of the molecule is NC1CCc2ncc(NC(=O)NC3CCCOCC3)cc2C1.O=C(O)C(F)(F)F. The number of alkyl halides is 3. The molecule has 2 heterocycles. The Bertz CT molecular complexity index is 707. The standard InChI is InChI=1S/C16H24N4O2.C2HF3O2/c17-12-3-4-15-11(8-12)9-14(10-18-15)20-16(21)19-13-2-1-6-22-7-5-13;3-2(4,5)1(6)7/h9-10,12-13H,1-8,17H2,(H2,19,20,21);(H,6,7). The number of carbonyl (C=O) groups excluding carboxylic acids is 1. The summed E-state index contributed by atoms with van der Waals surface area (Å²) in [4.78, 5) is 25.5. The number of aliphatic carboxylic acids is 1. The van der Waals surface area contributed by atoms with Crippen LogP contribution in [-0.2, 0) is 22.4 Å². The fourth-order valence-electron chi connectivity index (χ4n) is 3.12. The summed E-state index contributed by atoms with van der Waals surface area (Å²) < 4.78 is 37.1. The predicted octanol–water partition coefficient (Wildman–Crippen LogP) is 2.22. The van der Waals surface area contributed by atoms with Gasteiger partial charge in [0.25, 0.3) is 0 Å². The molecule has 11 heteroatoms. The molecule has 5 N–H and O–H groups in total. The molecular weight excluding hydrogens is 393 g/mol. The third kappa shape index (κ3) is 7.86. The highest BCUT2D eigenvalue weighted by atomic mass is 19.4. The molecule has 1 aliphatic heterocycles. The number of amides is 2. The molecule has 0 spiro atoms. The number of halogens is 3. The lowest BCUT2D eigenvalue weighted by Gasteiger charge is -2.21. The molecule has 0 bridgehead atoms. The molecule has 0 radical (unpaired) electrons. The number of anilines is 1. The molecule has 1 saturated heterocycles. The Hall–Kier alpha value is -2.40. The van der Waals surface area contributed by atoms with Gasteiger partial charge in [-0.15, -0.1) is 0 Å². The van der Waals surface area contributed by atoms with Crippen LogP contribution in [0, 0.1) is 0 Å². The minimum atomic E-state index is -5.08. The van der Waals surface area contributed by atoms with E-state index in [1.165, 1.54) is 0 Å². The number of nitrogens with one attached hydrogen (secondary N) is 2. The molecule has 162 valence electrons. The van der Waals surface area contributed by atoms with E-state index in [9.17, 15) is 18.0 Å². The van der Waals surface area contributed by atoms with Gasteiger partial charge in [0.15, 0.2) is 0 Å². The first-order valence-corrected chi connectivity index (χ1v) is 9.34. The zero-order chi connectivity index (χ0) is 21.4. The third-order valence-electron chi connectivity index (χ3n) is 4.58. The van der Waals surface area contributed by atoms with Gasteiger partial charge in [0.1, 0.15) is 0 Å². The Morgan fingerprint density at radius 3 is 2.66 bits per heavy atom. The molecule has 1 fully saturated rings. The monoisotopic (exact) mass is 418 g/mol. The van der Waals surface area contributed by atoms with E-state index in [1.54, 1.807) is 6.20 Å². The first-order valence-electron chi connectivity index (χ1n) is 9.34. The number of hydrogen-bond donors (Lipinski definition) is 4. The molecule has 2 aliphatic rings. The third-order valence-corrected chi connectivity index (χ3v) is 4.58. The van der Waals surface area contributed by atoms with Crippen molar-refractivity contribution in [2.75, 3.05) is 18.5 Å². The number of nitrogens with zero attached hydrogens (tertiary/aromatic N) is 1. The molecule has 2 amide bonds. The average Bonchev–Trinajstić information content (AvgIpc) is 2.89. The Morgan fingerprint density at radius 1 is 1.24 bits per heavy atom. The van der Waals surface area contributed by atoms with Crippen molar-refractivity contribution in [3.63, 3.8) is 0 Å². The molecule has 1 aromatic heterocycles. The van der Waals surface area contributed by atoms with Crippen LogP contribution in [0.1, 0.15) is 36.9 Å². The van der Waals surface area contributed by atoms with E-state index in [0.717, 1.165) is 62.1 Å². The van der Waals surface area contributed by atoms with E-state index in [4.69, 9.17) is 20.4 Å². The van der Waals surface area contributed by atoms with Crippen LogP contribution in [0.25, 0.3) is 0 Å².